The summed E-state index contributed by atoms with van der Waals surface area (Å²) in [6, 6.07) is 0.378. The van der Waals surface area contributed by atoms with E-state index in [1.807, 2.05) is 13.8 Å². The molecule has 0 radical (unpaired) electrons. The first kappa shape index (κ1) is 15.0. The van der Waals surface area contributed by atoms with Gasteiger partial charge in [-0.25, -0.2) is 0 Å². The lowest BCUT2D eigenvalue weighted by Crippen LogP contribution is -2.08. The average molecular weight is 272 g/mol. The molecule has 6 nitrogen and oxygen atoms in total. The van der Waals surface area contributed by atoms with Crippen molar-refractivity contribution >= 4 is 17.7 Å². The molecule has 0 aliphatic rings. The second-order valence-corrected chi connectivity index (χ2v) is 4.51. The molecule has 0 bridgehead atoms. The van der Waals surface area contributed by atoms with Crippen LogP contribution in [0.3, 0.4) is 0 Å². The highest BCUT2D eigenvalue weighted by atomic mass is 32.2. The van der Waals surface area contributed by atoms with Crippen LogP contribution in [0.4, 0.5) is 5.95 Å². The Morgan fingerprint density at radius 2 is 2.00 bits per heavy atom. The minimum atomic E-state index is 0.378. The molecule has 18 heavy (non-hydrogen) atoms. The van der Waals surface area contributed by atoms with Crippen LogP contribution in [-0.2, 0) is 4.74 Å². The van der Waals surface area contributed by atoms with Gasteiger partial charge in [0.2, 0.25) is 5.95 Å². The van der Waals surface area contributed by atoms with Gasteiger partial charge in [-0.15, -0.1) is 0 Å². The topological polar surface area (TPSA) is 69.2 Å². The van der Waals surface area contributed by atoms with Crippen molar-refractivity contribution in [3.8, 4) is 6.01 Å². The van der Waals surface area contributed by atoms with Crippen LogP contribution in [0.1, 0.15) is 20.3 Å². The predicted molar refractivity (Wildman–Crippen MR) is 72.4 cm³/mol. The summed E-state index contributed by atoms with van der Waals surface area (Å²) in [6.45, 7) is 6.07. The lowest BCUT2D eigenvalue weighted by molar-refractivity contribution is 0.218. The standard InChI is InChI=1S/C11H20N4O2S/c1-4-6-17-10-13-9(12-5-2)14-11(15-10)18-8-7-16-3/h4-8H2,1-3H3,(H,12,13,14,15). The molecule has 0 aliphatic heterocycles. The fourth-order valence-electron chi connectivity index (χ4n) is 1.11. The summed E-state index contributed by atoms with van der Waals surface area (Å²) in [5, 5.41) is 3.72. The van der Waals surface area contributed by atoms with Crippen molar-refractivity contribution in [2.45, 2.75) is 25.4 Å². The van der Waals surface area contributed by atoms with Crippen LogP contribution in [0, 0.1) is 0 Å². The highest BCUT2D eigenvalue weighted by Gasteiger charge is 2.07. The van der Waals surface area contributed by atoms with Gasteiger partial charge in [0.05, 0.1) is 13.2 Å². The van der Waals surface area contributed by atoms with Crippen LogP contribution >= 0.6 is 11.8 Å². The zero-order valence-electron chi connectivity index (χ0n) is 11.1. The number of nitrogens with zero attached hydrogens (tertiary/aromatic N) is 3. The average Bonchev–Trinajstić information content (AvgIpc) is 2.37. The van der Waals surface area contributed by atoms with Crippen LogP contribution in [-0.4, -0.2) is 47.6 Å². The molecule has 0 unspecified atom stereocenters. The number of hydrogen-bond donors (Lipinski definition) is 1. The van der Waals surface area contributed by atoms with E-state index in [4.69, 9.17) is 9.47 Å². The molecular formula is C11H20N4O2S. The van der Waals surface area contributed by atoms with Crippen molar-refractivity contribution in [1.29, 1.82) is 0 Å². The summed E-state index contributed by atoms with van der Waals surface area (Å²) in [5.74, 6) is 1.36. The quantitative estimate of drug-likeness (QED) is 0.543. The van der Waals surface area contributed by atoms with Crippen molar-refractivity contribution in [3.63, 3.8) is 0 Å². The van der Waals surface area contributed by atoms with E-state index in [0.29, 0.717) is 30.3 Å². The molecule has 0 saturated heterocycles. The predicted octanol–water partition coefficient (Wildman–Crippen LogP) is 1.83. The van der Waals surface area contributed by atoms with E-state index in [-0.39, 0.29) is 0 Å². The molecule has 0 aliphatic carbocycles. The molecule has 1 rings (SSSR count). The number of rotatable bonds is 9. The Labute approximate surface area is 112 Å². The maximum Gasteiger partial charge on any atom is 0.322 e. The second kappa shape index (κ2) is 8.93. The van der Waals surface area contributed by atoms with E-state index in [0.717, 1.165) is 18.7 Å². The van der Waals surface area contributed by atoms with Crippen LogP contribution in [0.15, 0.2) is 5.16 Å². The monoisotopic (exact) mass is 272 g/mol. The highest BCUT2D eigenvalue weighted by molar-refractivity contribution is 7.99. The van der Waals surface area contributed by atoms with E-state index in [1.165, 1.54) is 11.8 Å². The summed E-state index contributed by atoms with van der Waals surface area (Å²) >= 11 is 1.53. The van der Waals surface area contributed by atoms with E-state index < -0.39 is 0 Å². The van der Waals surface area contributed by atoms with Gasteiger partial charge in [-0.2, -0.15) is 15.0 Å². The highest BCUT2D eigenvalue weighted by Crippen LogP contribution is 2.17. The van der Waals surface area contributed by atoms with E-state index >= 15 is 0 Å². The van der Waals surface area contributed by atoms with Gasteiger partial charge in [0.15, 0.2) is 5.16 Å². The van der Waals surface area contributed by atoms with Crippen molar-refractivity contribution < 1.29 is 9.47 Å². The van der Waals surface area contributed by atoms with Crippen LogP contribution in [0.25, 0.3) is 0 Å². The maximum atomic E-state index is 5.44. The Morgan fingerprint density at radius 1 is 1.17 bits per heavy atom. The molecule has 102 valence electrons. The van der Waals surface area contributed by atoms with Gasteiger partial charge in [0.25, 0.3) is 0 Å². The molecule has 0 spiro atoms. The van der Waals surface area contributed by atoms with Gasteiger partial charge in [0, 0.05) is 19.4 Å². The molecule has 0 aromatic carbocycles. The van der Waals surface area contributed by atoms with Crippen molar-refractivity contribution in [3.05, 3.63) is 0 Å². The van der Waals surface area contributed by atoms with Gasteiger partial charge < -0.3 is 14.8 Å². The van der Waals surface area contributed by atoms with Gasteiger partial charge in [-0.3, -0.25) is 0 Å². The molecular weight excluding hydrogens is 252 g/mol. The normalized spacial score (nSPS) is 10.4. The first-order valence-corrected chi connectivity index (χ1v) is 7.03. The number of hydrogen-bond acceptors (Lipinski definition) is 7. The van der Waals surface area contributed by atoms with E-state index in [1.54, 1.807) is 7.11 Å². The Hall–Kier alpha value is -1.08. The Morgan fingerprint density at radius 3 is 2.67 bits per heavy atom. The smallest absolute Gasteiger partial charge is 0.322 e. The fourth-order valence-corrected chi connectivity index (χ4v) is 1.84. The Bertz CT molecular complexity index is 352. The SMILES string of the molecule is CCCOc1nc(NCC)nc(SCCOC)n1. The zero-order valence-corrected chi connectivity index (χ0v) is 11.9. The summed E-state index contributed by atoms with van der Waals surface area (Å²) in [4.78, 5) is 12.7. The molecule has 0 saturated carbocycles. The second-order valence-electron chi connectivity index (χ2n) is 3.44. The lowest BCUT2D eigenvalue weighted by atomic mass is 10.5. The molecule has 1 heterocycles. The fraction of sp³-hybridized carbons (Fsp3) is 0.727. The van der Waals surface area contributed by atoms with Gasteiger partial charge in [0.1, 0.15) is 0 Å². The van der Waals surface area contributed by atoms with Crippen LogP contribution in [0.2, 0.25) is 0 Å². The van der Waals surface area contributed by atoms with Gasteiger partial charge >= 0.3 is 6.01 Å². The Kier molecular flexibility index (Phi) is 7.43. The summed E-state index contributed by atoms with van der Waals surface area (Å²) in [5.41, 5.74) is 0. The van der Waals surface area contributed by atoms with Crippen molar-refractivity contribution in [1.82, 2.24) is 15.0 Å². The van der Waals surface area contributed by atoms with Crippen LogP contribution in [0.5, 0.6) is 6.01 Å². The zero-order chi connectivity index (χ0) is 13.2. The van der Waals surface area contributed by atoms with Crippen molar-refractivity contribution in [2.75, 3.05) is 37.9 Å². The number of methoxy groups -OCH3 is 1. The minimum Gasteiger partial charge on any atom is -0.463 e. The number of anilines is 1. The number of nitrogens with one attached hydrogen (secondary N) is 1. The molecule has 1 aromatic heterocycles. The first-order valence-electron chi connectivity index (χ1n) is 6.04. The lowest BCUT2D eigenvalue weighted by Gasteiger charge is -2.07. The van der Waals surface area contributed by atoms with E-state index in [9.17, 15) is 0 Å². The largest absolute Gasteiger partial charge is 0.463 e. The van der Waals surface area contributed by atoms with Gasteiger partial charge in [-0.1, -0.05) is 18.7 Å². The third-order valence-corrected chi connectivity index (χ3v) is 2.69. The number of thioether (sulfide) groups is 1. The van der Waals surface area contributed by atoms with Crippen LogP contribution < -0.4 is 10.1 Å². The molecule has 1 N–H and O–H groups in total. The number of ether oxygens (including phenoxy) is 2. The minimum absolute atomic E-state index is 0.378. The molecule has 0 fully saturated rings. The molecule has 1 aromatic rings. The molecule has 0 amide bonds. The number of aromatic nitrogens is 3. The third kappa shape index (κ3) is 5.50. The van der Waals surface area contributed by atoms with Crippen molar-refractivity contribution in [2.24, 2.45) is 0 Å². The summed E-state index contributed by atoms with van der Waals surface area (Å²) < 4.78 is 10.4. The maximum absolute atomic E-state index is 5.44. The van der Waals surface area contributed by atoms with E-state index in [2.05, 4.69) is 20.3 Å². The first-order chi connectivity index (χ1) is 8.80. The molecule has 0 atom stereocenters. The van der Waals surface area contributed by atoms with Gasteiger partial charge in [-0.05, 0) is 13.3 Å². The summed E-state index contributed by atoms with van der Waals surface area (Å²) in [6.07, 6.45) is 0.925. The summed E-state index contributed by atoms with van der Waals surface area (Å²) in [7, 11) is 1.67. The molecule has 7 heteroatoms. The third-order valence-electron chi connectivity index (χ3n) is 1.88. The Balaban J connectivity index is 2.70.